The van der Waals surface area contributed by atoms with Crippen molar-refractivity contribution in [3.8, 4) is 5.75 Å². The Bertz CT molecular complexity index is 833. The first-order valence-corrected chi connectivity index (χ1v) is 7.22. The number of carbonyl (C=O) groups is 1. The summed E-state index contributed by atoms with van der Waals surface area (Å²) >= 11 is 0. The molecular weight excluding hydrogens is 292 g/mol. The normalized spacial score (nSPS) is 10.4. The molecule has 0 spiro atoms. The van der Waals surface area contributed by atoms with Gasteiger partial charge in [-0.25, -0.2) is 4.79 Å². The second kappa shape index (κ2) is 6.79. The fraction of sp³-hybridized carbons (Fsp3) is 0.111. The maximum atomic E-state index is 11.9. The van der Waals surface area contributed by atoms with E-state index in [2.05, 4.69) is 4.98 Å². The second-order valence-electron chi connectivity index (χ2n) is 4.96. The van der Waals surface area contributed by atoms with Crippen LogP contribution in [-0.2, 0) is 4.74 Å². The van der Waals surface area contributed by atoms with Crippen LogP contribution in [0.5, 0.6) is 5.75 Å². The van der Waals surface area contributed by atoms with Gasteiger partial charge < -0.3 is 15.2 Å². The van der Waals surface area contributed by atoms with Crippen molar-refractivity contribution in [1.29, 1.82) is 0 Å². The highest BCUT2D eigenvalue weighted by Crippen LogP contribution is 2.20. The van der Waals surface area contributed by atoms with Gasteiger partial charge in [0, 0.05) is 6.20 Å². The number of nitrogen functional groups attached to an aromatic ring is 1. The Morgan fingerprint density at radius 2 is 1.87 bits per heavy atom. The molecule has 0 aliphatic heterocycles. The lowest BCUT2D eigenvalue weighted by atomic mass is 10.1. The van der Waals surface area contributed by atoms with Crippen LogP contribution in [0.4, 0.5) is 5.69 Å². The summed E-state index contributed by atoms with van der Waals surface area (Å²) in [5.41, 5.74) is 6.28. The summed E-state index contributed by atoms with van der Waals surface area (Å²) in [7, 11) is 0. The van der Waals surface area contributed by atoms with Gasteiger partial charge >= 0.3 is 5.97 Å². The minimum atomic E-state index is -0.480. The maximum Gasteiger partial charge on any atom is 0.340 e. The van der Waals surface area contributed by atoms with Gasteiger partial charge in [-0.2, -0.15) is 0 Å². The molecule has 5 heteroatoms. The van der Waals surface area contributed by atoms with Crippen molar-refractivity contribution in [2.45, 2.75) is 0 Å². The molecule has 116 valence electrons. The molecule has 0 radical (unpaired) electrons. The zero-order valence-corrected chi connectivity index (χ0v) is 12.4. The Hall–Kier alpha value is -3.08. The summed E-state index contributed by atoms with van der Waals surface area (Å²) in [5, 5.41) is 2.26. The fourth-order valence-corrected chi connectivity index (χ4v) is 2.22. The van der Waals surface area contributed by atoms with Gasteiger partial charge in [-0.05, 0) is 29.0 Å². The Balaban J connectivity index is 1.53. The number of carbonyl (C=O) groups excluding carboxylic acids is 1. The van der Waals surface area contributed by atoms with Crippen LogP contribution in [-0.4, -0.2) is 24.2 Å². The molecule has 0 fully saturated rings. The summed E-state index contributed by atoms with van der Waals surface area (Å²) in [6.07, 6.45) is 2.92. The van der Waals surface area contributed by atoms with E-state index < -0.39 is 5.97 Å². The zero-order valence-electron chi connectivity index (χ0n) is 12.4. The summed E-state index contributed by atoms with van der Waals surface area (Å²) in [5.74, 6) is 0.259. The first-order valence-electron chi connectivity index (χ1n) is 7.22. The summed E-state index contributed by atoms with van der Waals surface area (Å²) < 4.78 is 10.8. The number of esters is 1. The van der Waals surface area contributed by atoms with E-state index in [1.165, 1.54) is 18.5 Å². The smallest absolute Gasteiger partial charge is 0.340 e. The average molecular weight is 308 g/mol. The maximum absolute atomic E-state index is 11.9. The molecule has 0 amide bonds. The molecule has 3 rings (SSSR count). The van der Waals surface area contributed by atoms with Crippen LogP contribution >= 0.6 is 0 Å². The van der Waals surface area contributed by atoms with E-state index in [1.54, 1.807) is 0 Å². The molecule has 2 aromatic carbocycles. The van der Waals surface area contributed by atoms with Crippen LogP contribution < -0.4 is 10.5 Å². The number of nitrogens with zero attached hydrogens (tertiary/aromatic N) is 1. The topological polar surface area (TPSA) is 74.4 Å². The Labute approximate surface area is 133 Å². The SMILES string of the molecule is Nc1cnccc1C(=O)OCCOc1ccc2ccccc2c1. The quantitative estimate of drug-likeness (QED) is 0.579. The van der Waals surface area contributed by atoms with Gasteiger partial charge in [0.05, 0.1) is 17.4 Å². The molecule has 2 N–H and O–H groups in total. The zero-order chi connectivity index (χ0) is 16.1. The number of hydrogen-bond donors (Lipinski definition) is 1. The van der Waals surface area contributed by atoms with Crippen LogP contribution in [0.25, 0.3) is 10.8 Å². The van der Waals surface area contributed by atoms with Crippen LogP contribution in [0.3, 0.4) is 0 Å². The third-order valence-corrected chi connectivity index (χ3v) is 3.38. The lowest BCUT2D eigenvalue weighted by molar-refractivity contribution is 0.0451. The van der Waals surface area contributed by atoms with E-state index >= 15 is 0 Å². The van der Waals surface area contributed by atoms with E-state index in [-0.39, 0.29) is 13.2 Å². The average Bonchev–Trinajstić information content (AvgIpc) is 2.59. The minimum Gasteiger partial charge on any atom is -0.490 e. The van der Waals surface area contributed by atoms with Crippen molar-refractivity contribution in [2.75, 3.05) is 18.9 Å². The molecule has 0 aliphatic rings. The van der Waals surface area contributed by atoms with Gasteiger partial charge in [0.2, 0.25) is 0 Å². The van der Waals surface area contributed by atoms with Crippen LogP contribution in [0.1, 0.15) is 10.4 Å². The van der Waals surface area contributed by atoms with Crippen LogP contribution in [0.15, 0.2) is 60.9 Å². The first-order chi connectivity index (χ1) is 11.2. The van der Waals surface area contributed by atoms with E-state index in [9.17, 15) is 4.79 Å². The van der Waals surface area contributed by atoms with Gasteiger partial charge in [0.15, 0.2) is 0 Å². The summed E-state index contributed by atoms with van der Waals surface area (Å²) in [6.45, 7) is 0.419. The lowest BCUT2D eigenvalue weighted by Gasteiger charge is -2.09. The largest absolute Gasteiger partial charge is 0.490 e. The van der Waals surface area contributed by atoms with Crippen LogP contribution in [0.2, 0.25) is 0 Å². The standard InChI is InChI=1S/C18H16N2O3/c19-17-12-20-8-7-16(17)18(21)23-10-9-22-15-6-5-13-3-1-2-4-14(13)11-15/h1-8,11-12H,9-10,19H2. The lowest BCUT2D eigenvalue weighted by Crippen LogP contribution is -2.13. The molecule has 0 bridgehead atoms. The number of fused-ring (bicyclic) bond motifs is 1. The van der Waals surface area contributed by atoms with Gasteiger partial charge in [0.1, 0.15) is 19.0 Å². The molecule has 5 nitrogen and oxygen atoms in total. The number of aromatic nitrogens is 1. The summed E-state index contributed by atoms with van der Waals surface area (Å²) in [6, 6.07) is 15.4. The van der Waals surface area contributed by atoms with Crippen molar-refractivity contribution in [3.63, 3.8) is 0 Å². The molecular formula is C18H16N2O3. The molecule has 0 atom stereocenters. The molecule has 0 saturated carbocycles. The molecule has 0 saturated heterocycles. The highest BCUT2D eigenvalue weighted by Gasteiger charge is 2.10. The number of pyridine rings is 1. The van der Waals surface area contributed by atoms with Crippen molar-refractivity contribution in [2.24, 2.45) is 0 Å². The predicted molar refractivity (Wildman–Crippen MR) is 88.4 cm³/mol. The molecule has 3 aromatic rings. The van der Waals surface area contributed by atoms with E-state index in [1.807, 2.05) is 42.5 Å². The second-order valence-corrected chi connectivity index (χ2v) is 4.96. The number of nitrogens with two attached hydrogens (primary N) is 1. The highest BCUT2D eigenvalue weighted by molar-refractivity contribution is 5.94. The van der Waals surface area contributed by atoms with Crippen LogP contribution in [0, 0.1) is 0 Å². The molecule has 0 unspecified atom stereocenters. The van der Waals surface area contributed by atoms with Crippen molar-refractivity contribution in [3.05, 3.63) is 66.5 Å². The molecule has 1 heterocycles. The van der Waals surface area contributed by atoms with E-state index in [4.69, 9.17) is 15.2 Å². The van der Waals surface area contributed by atoms with Gasteiger partial charge in [-0.3, -0.25) is 4.98 Å². The highest BCUT2D eigenvalue weighted by atomic mass is 16.6. The number of rotatable bonds is 5. The molecule has 0 aliphatic carbocycles. The van der Waals surface area contributed by atoms with Crippen molar-refractivity contribution in [1.82, 2.24) is 4.98 Å². The van der Waals surface area contributed by atoms with Crippen molar-refractivity contribution < 1.29 is 14.3 Å². The third-order valence-electron chi connectivity index (χ3n) is 3.38. The Kier molecular flexibility index (Phi) is 4.38. The van der Waals surface area contributed by atoms with E-state index in [0.717, 1.165) is 16.5 Å². The Morgan fingerprint density at radius 1 is 1.04 bits per heavy atom. The van der Waals surface area contributed by atoms with Gasteiger partial charge in [-0.1, -0.05) is 30.3 Å². The monoisotopic (exact) mass is 308 g/mol. The first kappa shape index (κ1) is 14.8. The number of ether oxygens (including phenoxy) is 2. The van der Waals surface area contributed by atoms with E-state index in [0.29, 0.717) is 11.3 Å². The number of hydrogen-bond acceptors (Lipinski definition) is 5. The summed E-state index contributed by atoms with van der Waals surface area (Å²) in [4.78, 5) is 15.7. The Morgan fingerprint density at radius 3 is 2.70 bits per heavy atom. The van der Waals surface area contributed by atoms with Gasteiger partial charge in [-0.15, -0.1) is 0 Å². The molecule has 23 heavy (non-hydrogen) atoms. The predicted octanol–water partition coefficient (Wildman–Crippen LogP) is 3.05. The third kappa shape index (κ3) is 3.58. The number of benzene rings is 2. The fourth-order valence-electron chi connectivity index (χ4n) is 2.22. The van der Waals surface area contributed by atoms with Gasteiger partial charge in [0.25, 0.3) is 0 Å². The molecule has 1 aromatic heterocycles. The number of anilines is 1. The van der Waals surface area contributed by atoms with Crippen molar-refractivity contribution >= 4 is 22.4 Å². The minimum absolute atomic E-state index is 0.146.